The molecule has 0 aliphatic carbocycles. The van der Waals surface area contributed by atoms with Crippen LogP contribution in [0.5, 0.6) is 0 Å². The lowest BCUT2D eigenvalue weighted by Crippen LogP contribution is -2.34. The molecule has 0 aliphatic rings. The Kier molecular flexibility index (Phi) is 6.34. The van der Waals surface area contributed by atoms with Crippen LogP contribution in [0, 0.1) is 12.8 Å². The Labute approximate surface area is 149 Å². The topological polar surface area (TPSA) is 63.4 Å². The number of rotatable bonds is 7. The Balaban J connectivity index is 2.26. The van der Waals surface area contributed by atoms with E-state index in [1.54, 1.807) is 4.90 Å². The smallest absolute Gasteiger partial charge is 0.258 e. The Hall–Kier alpha value is -2.62. The number of hydrogen-bond donors (Lipinski definition) is 1. The molecule has 2 aromatic carbocycles. The first-order chi connectivity index (χ1) is 11.9. The predicted octanol–water partition coefficient (Wildman–Crippen LogP) is 3.72. The van der Waals surface area contributed by atoms with Crippen LogP contribution >= 0.6 is 0 Å². The molecule has 2 aromatic rings. The maximum absolute atomic E-state index is 13.0. The molecule has 0 aromatic heterocycles. The maximum Gasteiger partial charge on any atom is 0.258 e. The van der Waals surface area contributed by atoms with E-state index in [0.29, 0.717) is 11.5 Å². The maximum atomic E-state index is 13.0. The van der Waals surface area contributed by atoms with Gasteiger partial charge in [-0.1, -0.05) is 38.1 Å². The second-order valence-electron chi connectivity index (χ2n) is 6.81. The van der Waals surface area contributed by atoms with E-state index in [4.69, 9.17) is 5.73 Å². The minimum Gasteiger partial charge on any atom is -0.370 e. The van der Waals surface area contributed by atoms with Crippen molar-refractivity contribution in [2.45, 2.75) is 33.6 Å². The Bertz CT molecular complexity index is 736. The zero-order valence-corrected chi connectivity index (χ0v) is 15.2. The van der Waals surface area contributed by atoms with Crippen molar-refractivity contribution in [3.05, 3.63) is 65.2 Å². The number of primary amides is 1. The lowest BCUT2D eigenvalue weighted by Gasteiger charge is -2.23. The zero-order valence-electron chi connectivity index (χ0n) is 15.2. The van der Waals surface area contributed by atoms with E-state index in [0.717, 1.165) is 17.7 Å². The third-order valence-electron chi connectivity index (χ3n) is 3.99. The van der Waals surface area contributed by atoms with Crippen LogP contribution in [0.2, 0.25) is 0 Å². The van der Waals surface area contributed by atoms with Gasteiger partial charge in [0.1, 0.15) is 0 Å². The quantitative estimate of drug-likeness (QED) is 0.836. The highest BCUT2D eigenvalue weighted by molar-refractivity contribution is 6.06. The minimum absolute atomic E-state index is 0.122. The van der Waals surface area contributed by atoms with Crippen molar-refractivity contribution in [3.63, 3.8) is 0 Å². The predicted molar refractivity (Wildman–Crippen MR) is 102 cm³/mol. The van der Waals surface area contributed by atoms with Crippen LogP contribution < -0.4 is 10.6 Å². The molecule has 0 bridgehead atoms. The minimum atomic E-state index is -0.419. The van der Waals surface area contributed by atoms with E-state index in [1.807, 2.05) is 55.5 Å². The molecule has 4 nitrogen and oxygen atoms in total. The second kappa shape index (κ2) is 8.47. The molecule has 0 heterocycles. The molecule has 0 aliphatic heterocycles. The van der Waals surface area contributed by atoms with Gasteiger partial charge in [-0.15, -0.1) is 0 Å². The molecule has 0 atom stereocenters. The van der Waals surface area contributed by atoms with Gasteiger partial charge in [-0.25, -0.2) is 0 Å². The van der Waals surface area contributed by atoms with E-state index in [1.165, 1.54) is 5.56 Å². The van der Waals surface area contributed by atoms with Crippen LogP contribution in [0.4, 0.5) is 5.69 Å². The molecular formula is C21H26N2O2. The SMILES string of the molecule is Cc1cccc(N(CCC(N)=O)C(=O)c2ccc(CC(C)C)cc2)c1. The molecule has 25 heavy (non-hydrogen) atoms. The van der Waals surface area contributed by atoms with Crippen molar-refractivity contribution in [2.24, 2.45) is 11.7 Å². The van der Waals surface area contributed by atoms with Gasteiger partial charge >= 0.3 is 0 Å². The van der Waals surface area contributed by atoms with Crippen LogP contribution in [-0.4, -0.2) is 18.4 Å². The van der Waals surface area contributed by atoms with Gasteiger partial charge in [0.15, 0.2) is 0 Å². The fraction of sp³-hybridized carbons (Fsp3) is 0.333. The van der Waals surface area contributed by atoms with Crippen molar-refractivity contribution in [1.29, 1.82) is 0 Å². The lowest BCUT2D eigenvalue weighted by molar-refractivity contribution is -0.117. The van der Waals surface area contributed by atoms with Crippen molar-refractivity contribution < 1.29 is 9.59 Å². The third kappa shape index (κ3) is 5.45. The number of benzene rings is 2. The molecule has 0 fully saturated rings. The Morgan fingerprint density at radius 3 is 2.32 bits per heavy atom. The van der Waals surface area contributed by atoms with Gasteiger partial charge in [0.2, 0.25) is 5.91 Å². The van der Waals surface area contributed by atoms with Crippen LogP contribution in [0.1, 0.15) is 41.8 Å². The fourth-order valence-corrected chi connectivity index (χ4v) is 2.78. The monoisotopic (exact) mass is 338 g/mol. The van der Waals surface area contributed by atoms with E-state index >= 15 is 0 Å². The number of anilines is 1. The summed E-state index contributed by atoms with van der Waals surface area (Å²) in [5.74, 6) is 0.0293. The number of aryl methyl sites for hydroxylation is 1. The van der Waals surface area contributed by atoms with Crippen molar-refractivity contribution in [3.8, 4) is 0 Å². The van der Waals surface area contributed by atoms with Crippen molar-refractivity contribution >= 4 is 17.5 Å². The highest BCUT2D eigenvalue weighted by Gasteiger charge is 2.18. The zero-order chi connectivity index (χ0) is 18.4. The van der Waals surface area contributed by atoms with Gasteiger partial charge in [0.25, 0.3) is 5.91 Å². The summed E-state index contributed by atoms with van der Waals surface area (Å²) >= 11 is 0. The van der Waals surface area contributed by atoms with Crippen LogP contribution in [0.25, 0.3) is 0 Å². The summed E-state index contributed by atoms with van der Waals surface area (Å²) < 4.78 is 0. The first-order valence-corrected chi connectivity index (χ1v) is 8.62. The summed E-state index contributed by atoms with van der Waals surface area (Å²) in [4.78, 5) is 25.8. The molecule has 0 spiro atoms. The molecule has 0 saturated heterocycles. The number of nitrogens with two attached hydrogens (primary N) is 1. The molecule has 2 N–H and O–H groups in total. The van der Waals surface area contributed by atoms with Crippen molar-refractivity contribution in [2.75, 3.05) is 11.4 Å². The summed E-state index contributed by atoms with van der Waals surface area (Å²) in [6.07, 6.45) is 1.11. The molecule has 132 valence electrons. The van der Waals surface area contributed by atoms with E-state index < -0.39 is 5.91 Å². The molecular weight excluding hydrogens is 312 g/mol. The van der Waals surface area contributed by atoms with Gasteiger partial charge in [-0.05, 0) is 54.7 Å². The van der Waals surface area contributed by atoms with Crippen LogP contribution in [0.15, 0.2) is 48.5 Å². The molecule has 0 radical (unpaired) electrons. The lowest BCUT2D eigenvalue weighted by atomic mass is 10.0. The Morgan fingerprint density at radius 1 is 1.08 bits per heavy atom. The number of nitrogens with zero attached hydrogens (tertiary/aromatic N) is 1. The van der Waals surface area contributed by atoms with Crippen LogP contribution in [0.3, 0.4) is 0 Å². The number of carbonyl (C=O) groups is 2. The Morgan fingerprint density at radius 2 is 1.76 bits per heavy atom. The summed E-state index contributed by atoms with van der Waals surface area (Å²) in [6, 6.07) is 15.4. The van der Waals surface area contributed by atoms with Gasteiger partial charge in [-0.2, -0.15) is 0 Å². The number of hydrogen-bond acceptors (Lipinski definition) is 2. The first kappa shape index (κ1) is 18.7. The van der Waals surface area contributed by atoms with E-state index in [-0.39, 0.29) is 18.9 Å². The molecule has 0 saturated carbocycles. The van der Waals surface area contributed by atoms with Crippen LogP contribution in [-0.2, 0) is 11.2 Å². The number of amides is 2. The molecule has 2 amide bonds. The van der Waals surface area contributed by atoms with Gasteiger partial charge in [0, 0.05) is 24.2 Å². The highest BCUT2D eigenvalue weighted by Crippen LogP contribution is 2.20. The normalized spacial score (nSPS) is 10.7. The average Bonchev–Trinajstić information content (AvgIpc) is 2.55. The fourth-order valence-electron chi connectivity index (χ4n) is 2.78. The standard InChI is InChI=1S/C21H26N2O2/c1-15(2)13-17-7-9-18(10-8-17)21(25)23(12-11-20(22)24)19-6-4-5-16(3)14-19/h4-10,14-15H,11-13H2,1-3H3,(H2,22,24). The van der Waals surface area contributed by atoms with Gasteiger partial charge in [-0.3, -0.25) is 9.59 Å². The number of carbonyl (C=O) groups excluding carboxylic acids is 2. The summed E-state index contributed by atoms with van der Waals surface area (Å²) in [7, 11) is 0. The van der Waals surface area contributed by atoms with E-state index in [9.17, 15) is 9.59 Å². The first-order valence-electron chi connectivity index (χ1n) is 8.62. The van der Waals surface area contributed by atoms with Gasteiger partial charge in [0.05, 0.1) is 0 Å². The summed E-state index contributed by atoms with van der Waals surface area (Å²) in [5, 5.41) is 0. The largest absolute Gasteiger partial charge is 0.370 e. The van der Waals surface area contributed by atoms with Crippen molar-refractivity contribution in [1.82, 2.24) is 0 Å². The van der Waals surface area contributed by atoms with E-state index in [2.05, 4.69) is 13.8 Å². The highest BCUT2D eigenvalue weighted by atomic mass is 16.2. The molecule has 4 heteroatoms. The molecule has 0 unspecified atom stereocenters. The molecule has 2 rings (SSSR count). The second-order valence-corrected chi connectivity index (χ2v) is 6.81. The summed E-state index contributed by atoms with van der Waals surface area (Å²) in [5.41, 5.74) is 8.93. The third-order valence-corrected chi connectivity index (χ3v) is 3.99. The summed E-state index contributed by atoms with van der Waals surface area (Å²) in [6.45, 7) is 6.58. The average molecular weight is 338 g/mol. The van der Waals surface area contributed by atoms with Gasteiger partial charge < -0.3 is 10.6 Å².